The van der Waals surface area contributed by atoms with E-state index in [2.05, 4.69) is 29.7 Å². The van der Waals surface area contributed by atoms with Crippen molar-refractivity contribution in [3.8, 4) is 11.5 Å². The standard InChI is InChI=1S/C30H27NO4/c1-21-18-25-8-4-5-9-28(25)31(21)16-17-34-26-13-10-22(11-14-26)19-29(30(32)33)35-27-15-12-23-6-2-3-7-24(23)20-27/h2-15,18,20,29H,16-17,19H2,1H3,(H,32,33). The van der Waals surface area contributed by atoms with E-state index in [0.717, 1.165) is 28.6 Å². The van der Waals surface area contributed by atoms with Crippen LogP contribution in [-0.4, -0.2) is 28.4 Å². The number of nitrogens with zero attached hydrogens (tertiary/aromatic N) is 1. The molecule has 176 valence electrons. The summed E-state index contributed by atoms with van der Waals surface area (Å²) in [4.78, 5) is 11.9. The Bertz CT molecular complexity index is 1470. The minimum Gasteiger partial charge on any atom is -0.492 e. The highest BCUT2D eigenvalue weighted by Crippen LogP contribution is 2.23. The van der Waals surface area contributed by atoms with Gasteiger partial charge in [0.05, 0.1) is 6.54 Å². The van der Waals surface area contributed by atoms with Crippen LogP contribution in [0, 0.1) is 6.92 Å². The largest absolute Gasteiger partial charge is 0.492 e. The third-order valence-electron chi connectivity index (χ3n) is 6.22. The van der Waals surface area contributed by atoms with Gasteiger partial charge < -0.3 is 19.1 Å². The fourth-order valence-electron chi connectivity index (χ4n) is 4.42. The van der Waals surface area contributed by atoms with Gasteiger partial charge in [-0.05, 0) is 65.0 Å². The first-order chi connectivity index (χ1) is 17.1. The highest BCUT2D eigenvalue weighted by atomic mass is 16.5. The molecule has 5 rings (SSSR count). The van der Waals surface area contributed by atoms with Crippen molar-refractivity contribution >= 4 is 27.6 Å². The number of carboxylic acid groups (broad SMARTS) is 1. The third-order valence-corrected chi connectivity index (χ3v) is 6.22. The van der Waals surface area contributed by atoms with Crippen LogP contribution in [0.1, 0.15) is 11.3 Å². The van der Waals surface area contributed by atoms with Crippen molar-refractivity contribution in [2.45, 2.75) is 26.0 Å². The predicted octanol–water partition coefficient (Wildman–Crippen LogP) is 6.26. The van der Waals surface area contributed by atoms with Gasteiger partial charge in [0.25, 0.3) is 0 Å². The quantitative estimate of drug-likeness (QED) is 0.279. The lowest BCUT2D eigenvalue weighted by molar-refractivity contribution is -0.145. The van der Waals surface area contributed by atoms with Crippen LogP contribution in [0.25, 0.3) is 21.7 Å². The summed E-state index contributed by atoms with van der Waals surface area (Å²) in [5.41, 5.74) is 3.28. The van der Waals surface area contributed by atoms with E-state index in [0.29, 0.717) is 12.4 Å². The van der Waals surface area contributed by atoms with E-state index in [1.165, 1.54) is 16.6 Å². The Morgan fingerprint density at radius 1 is 0.829 bits per heavy atom. The SMILES string of the molecule is Cc1cc2ccccc2n1CCOc1ccc(CC(Oc2ccc3ccccc3c2)C(=O)O)cc1. The molecule has 5 nitrogen and oxygen atoms in total. The zero-order valence-electron chi connectivity index (χ0n) is 19.6. The number of hydrogen-bond donors (Lipinski definition) is 1. The topological polar surface area (TPSA) is 60.7 Å². The molecule has 0 bridgehead atoms. The lowest BCUT2D eigenvalue weighted by Crippen LogP contribution is -2.29. The second-order valence-electron chi connectivity index (χ2n) is 8.65. The molecule has 4 aromatic carbocycles. The molecule has 1 heterocycles. The summed E-state index contributed by atoms with van der Waals surface area (Å²) in [6, 6.07) is 31.6. The molecule has 5 heteroatoms. The van der Waals surface area contributed by atoms with Crippen molar-refractivity contribution in [3.05, 3.63) is 108 Å². The number of ether oxygens (including phenoxy) is 2. The number of benzene rings is 4. The van der Waals surface area contributed by atoms with E-state index < -0.39 is 12.1 Å². The molecule has 35 heavy (non-hydrogen) atoms. The van der Waals surface area contributed by atoms with Crippen molar-refractivity contribution in [2.75, 3.05) is 6.61 Å². The first kappa shape index (κ1) is 22.5. The van der Waals surface area contributed by atoms with E-state index >= 15 is 0 Å². The Kier molecular flexibility index (Phi) is 6.40. The molecule has 0 aliphatic rings. The molecule has 0 amide bonds. The van der Waals surface area contributed by atoms with Crippen molar-refractivity contribution in [3.63, 3.8) is 0 Å². The molecule has 0 aliphatic carbocycles. The van der Waals surface area contributed by atoms with E-state index in [1.807, 2.05) is 78.9 Å². The summed E-state index contributed by atoms with van der Waals surface area (Å²) >= 11 is 0. The highest BCUT2D eigenvalue weighted by Gasteiger charge is 2.20. The van der Waals surface area contributed by atoms with Crippen molar-refractivity contribution in [2.24, 2.45) is 0 Å². The number of aliphatic carboxylic acids is 1. The number of carboxylic acids is 1. The van der Waals surface area contributed by atoms with Gasteiger partial charge in [-0.1, -0.05) is 60.7 Å². The molecular weight excluding hydrogens is 438 g/mol. The summed E-state index contributed by atoms with van der Waals surface area (Å²) < 4.78 is 14.1. The zero-order chi connectivity index (χ0) is 24.2. The minimum atomic E-state index is -0.993. The molecule has 5 aromatic rings. The van der Waals surface area contributed by atoms with Crippen molar-refractivity contribution in [1.29, 1.82) is 0 Å². The van der Waals surface area contributed by atoms with Crippen LogP contribution in [-0.2, 0) is 17.8 Å². The minimum absolute atomic E-state index is 0.261. The number of hydrogen-bond acceptors (Lipinski definition) is 3. The fourth-order valence-corrected chi connectivity index (χ4v) is 4.42. The Labute approximate surface area is 204 Å². The second kappa shape index (κ2) is 9.94. The lowest BCUT2D eigenvalue weighted by Gasteiger charge is -2.16. The first-order valence-corrected chi connectivity index (χ1v) is 11.7. The molecular formula is C30H27NO4. The molecule has 1 atom stereocenters. The van der Waals surface area contributed by atoms with Gasteiger partial charge in [0, 0.05) is 17.6 Å². The van der Waals surface area contributed by atoms with Gasteiger partial charge in [0.15, 0.2) is 6.10 Å². The number of aryl methyl sites for hydroxylation is 1. The molecule has 0 saturated carbocycles. The van der Waals surface area contributed by atoms with E-state index in [-0.39, 0.29) is 6.42 Å². The van der Waals surface area contributed by atoms with Crippen LogP contribution in [0.5, 0.6) is 11.5 Å². The number of para-hydroxylation sites is 1. The molecule has 1 aromatic heterocycles. The van der Waals surface area contributed by atoms with Crippen LogP contribution >= 0.6 is 0 Å². The smallest absolute Gasteiger partial charge is 0.345 e. The van der Waals surface area contributed by atoms with E-state index in [9.17, 15) is 9.90 Å². The molecule has 0 aliphatic heterocycles. The Balaban J connectivity index is 1.20. The van der Waals surface area contributed by atoms with Crippen LogP contribution in [0.15, 0.2) is 97.1 Å². The summed E-state index contributed by atoms with van der Waals surface area (Å²) in [7, 11) is 0. The summed E-state index contributed by atoms with van der Waals surface area (Å²) in [6.07, 6.45) is -0.718. The Morgan fingerprint density at radius 3 is 2.29 bits per heavy atom. The lowest BCUT2D eigenvalue weighted by atomic mass is 10.1. The fraction of sp³-hybridized carbons (Fsp3) is 0.167. The molecule has 0 radical (unpaired) electrons. The van der Waals surface area contributed by atoms with E-state index in [1.54, 1.807) is 0 Å². The van der Waals surface area contributed by atoms with Crippen LogP contribution < -0.4 is 9.47 Å². The number of carbonyl (C=O) groups is 1. The Hall–Kier alpha value is -4.25. The van der Waals surface area contributed by atoms with Gasteiger partial charge in [0.2, 0.25) is 0 Å². The Morgan fingerprint density at radius 2 is 1.51 bits per heavy atom. The summed E-state index contributed by atoms with van der Waals surface area (Å²) in [5.74, 6) is 0.307. The average Bonchev–Trinajstić information content (AvgIpc) is 3.19. The molecule has 1 N–H and O–H groups in total. The highest BCUT2D eigenvalue weighted by molar-refractivity contribution is 5.84. The maximum Gasteiger partial charge on any atom is 0.345 e. The maximum atomic E-state index is 11.9. The van der Waals surface area contributed by atoms with Gasteiger partial charge in [-0.3, -0.25) is 0 Å². The third kappa shape index (κ3) is 5.14. The molecule has 0 saturated heterocycles. The number of fused-ring (bicyclic) bond motifs is 2. The summed E-state index contributed by atoms with van der Waals surface area (Å²) in [6.45, 7) is 3.40. The second-order valence-corrected chi connectivity index (χ2v) is 8.65. The predicted molar refractivity (Wildman–Crippen MR) is 138 cm³/mol. The van der Waals surface area contributed by atoms with E-state index in [4.69, 9.17) is 9.47 Å². The van der Waals surface area contributed by atoms with Gasteiger partial charge in [-0.15, -0.1) is 0 Å². The van der Waals surface area contributed by atoms with Crippen molar-refractivity contribution < 1.29 is 19.4 Å². The van der Waals surface area contributed by atoms with Gasteiger partial charge in [0.1, 0.15) is 18.1 Å². The molecule has 1 unspecified atom stereocenters. The summed E-state index contributed by atoms with van der Waals surface area (Å²) in [5, 5.41) is 13.0. The van der Waals surface area contributed by atoms with Crippen molar-refractivity contribution in [1.82, 2.24) is 4.57 Å². The van der Waals surface area contributed by atoms with Gasteiger partial charge in [-0.2, -0.15) is 0 Å². The van der Waals surface area contributed by atoms with Crippen LogP contribution in [0.3, 0.4) is 0 Å². The van der Waals surface area contributed by atoms with Gasteiger partial charge >= 0.3 is 5.97 Å². The van der Waals surface area contributed by atoms with Gasteiger partial charge in [-0.25, -0.2) is 4.79 Å². The zero-order valence-corrected chi connectivity index (χ0v) is 19.6. The number of aromatic nitrogens is 1. The van der Waals surface area contributed by atoms with Crippen LogP contribution in [0.2, 0.25) is 0 Å². The molecule has 0 spiro atoms. The average molecular weight is 466 g/mol. The normalized spacial score (nSPS) is 12.0. The monoisotopic (exact) mass is 465 g/mol. The maximum absolute atomic E-state index is 11.9. The molecule has 0 fully saturated rings. The number of rotatable bonds is 9. The van der Waals surface area contributed by atoms with Crippen LogP contribution in [0.4, 0.5) is 0 Å². The first-order valence-electron chi connectivity index (χ1n) is 11.7.